The van der Waals surface area contributed by atoms with Crippen LogP contribution in [0.15, 0.2) is 6.33 Å². The Morgan fingerprint density at radius 3 is 2.95 bits per heavy atom. The minimum Gasteiger partial charge on any atom is -0.370 e. The van der Waals surface area contributed by atoms with Crippen LogP contribution in [0.5, 0.6) is 0 Å². The maximum atomic E-state index is 4.61. The van der Waals surface area contributed by atoms with Gasteiger partial charge in [0.2, 0.25) is 0 Å². The molecule has 21 heavy (non-hydrogen) atoms. The lowest BCUT2D eigenvalue weighted by Gasteiger charge is -2.38. The molecule has 1 aromatic rings. The van der Waals surface area contributed by atoms with Gasteiger partial charge in [-0.15, -0.1) is 0 Å². The van der Waals surface area contributed by atoms with Gasteiger partial charge in [-0.1, -0.05) is 13.8 Å². The van der Waals surface area contributed by atoms with Crippen molar-refractivity contribution >= 4 is 11.6 Å². The summed E-state index contributed by atoms with van der Waals surface area (Å²) in [4.78, 5) is 14.2. The first kappa shape index (κ1) is 14.6. The van der Waals surface area contributed by atoms with Crippen LogP contribution in [-0.2, 0) is 6.42 Å². The van der Waals surface area contributed by atoms with Crippen LogP contribution in [0.1, 0.15) is 38.7 Å². The first-order chi connectivity index (χ1) is 10.3. The van der Waals surface area contributed by atoms with Gasteiger partial charge in [-0.2, -0.15) is 0 Å². The summed E-state index contributed by atoms with van der Waals surface area (Å²) in [5, 5.41) is 3.45. The standard InChI is InChI=1S/C16H27N5/c1-3-7-17-15-14(4-2)16(19-12-18-15)21-10-9-20-8-5-6-13(20)11-21/h12-13H,3-11H2,1-2H3,(H,17,18,19). The van der Waals surface area contributed by atoms with Gasteiger partial charge in [0.25, 0.3) is 0 Å². The Kier molecular flexibility index (Phi) is 4.58. The predicted molar refractivity (Wildman–Crippen MR) is 87.0 cm³/mol. The van der Waals surface area contributed by atoms with E-state index in [0.717, 1.165) is 50.2 Å². The molecule has 1 unspecified atom stereocenters. The van der Waals surface area contributed by atoms with Crippen molar-refractivity contribution in [1.29, 1.82) is 0 Å². The maximum Gasteiger partial charge on any atom is 0.137 e. The second-order valence-corrected chi connectivity index (χ2v) is 6.08. The molecular formula is C16H27N5. The van der Waals surface area contributed by atoms with Crippen LogP contribution in [0.4, 0.5) is 11.6 Å². The molecule has 0 spiro atoms. The fourth-order valence-corrected chi connectivity index (χ4v) is 3.58. The molecule has 1 aromatic heterocycles. The minimum absolute atomic E-state index is 0.727. The summed E-state index contributed by atoms with van der Waals surface area (Å²) in [6.45, 7) is 10.0. The zero-order chi connectivity index (χ0) is 14.7. The summed E-state index contributed by atoms with van der Waals surface area (Å²) in [6, 6.07) is 0.727. The highest BCUT2D eigenvalue weighted by atomic mass is 15.3. The molecular weight excluding hydrogens is 262 g/mol. The van der Waals surface area contributed by atoms with Gasteiger partial charge in [0.05, 0.1) is 0 Å². The van der Waals surface area contributed by atoms with E-state index in [9.17, 15) is 0 Å². The molecule has 2 aliphatic heterocycles. The highest BCUT2D eigenvalue weighted by Gasteiger charge is 2.32. The van der Waals surface area contributed by atoms with Gasteiger partial charge in [0.15, 0.2) is 0 Å². The Morgan fingerprint density at radius 1 is 1.24 bits per heavy atom. The number of aromatic nitrogens is 2. The Labute approximate surface area is 127 Å². The maximum absolute atomic E-state index is 4.61. The molecule has 0 aromatic carbocycles. The fourth-order valence-electron chi connectivity index (χ4n) is 3.58. The highest BCUT2D eigenvalue weighted by Crippen LogP contribution is 2.29. The lowest BCUT2D eigenvalue weighted by atomic mass is 10.1. The van der Waals surface area contributed by atoms with E-state index < -0.39 is 0 Å². The second-order valence-electron chi connectivity index (χ2n) is 6.08. The second kappa shape index (κ2) is 6.60. The normalized spacial score (nSPS) is 22.4. The molecule has 0 radical (unpaired) electrons. The summed E-state index contributed by atoms with van der Waals surface area (Å²) in [5.74, 6) is 2.18. The third-order valence-corrected chi connectivity index (χ3v) is 4.71. The number of nitrogens with zero attached hydrogens (tertiary/aromatic N) is 4. The smallest absolute Gasteiger partial charge is 0.137 e. The van der Waals surface area contributed by atoms with E-state index in [4.69, 9.17) is 0 Å². The lowest BCUT2D eigenvalue weighted by molar-refractivity contribution is 0.230. The van der Waals surface area contributed by atoms with E-state index in [1.807, 2.05) is 0 Å². The molecule has 1 atom stereocenters. The number of anilines is 2. The van der Waals surface area contributed by atoms with Crippen molar-refractivity contribution in [3.63, 3.8) is 0 Å². The van der Waals surface area contributed by atoms with Gasteiger partial charge in [-0.25, -0.2) is 9.97 Å². The fraction of sp³-hybridized carbons (Fsp3) is 0.750. The van der Waals surface area contributed by atoms with E-state index >= 15 is 0 Å². The molecule has 3 heterocycles. The predicted octanol–water partition coefficient (Wildman–Crippen LogP) is 2.15. The van der Waals surface area contributed by atoms with Crippen molar-refractivity contribution in [1.82, 2.24) is 14.9 Å². The number of piperazine rings is 1. The molecule has 0 bridgehead atoms. The molecule has 2 aliphatic rings. The molecule has 0 amide bonds. The van der Waals surface area contributed by atoms with E-state index in [1.54, 1.807) is 6.33 Å². The third-order valence-electron chi connectivity index (χ3n) is 4.71. The first-order valence-corrected chi connectivity index (χ1v) is 8.40. The van der Waals surface area contributed by atoms with Crippen molar-refractivity contribution < 1.29 is 0 Å². The SMILES string of the molecule is CCCNc1ncnc(N2CCN3CCCC3C2)c1CC. The topological polar surface area (TPSA) is 44.3 Å². The van der Waals surface area contributed by atoms with Crippen molar-refractivity contribution in [2.45, 2.75) is 45.6 Å². The molecule has 5 nitrogen and oxygen atoms in total. The molecule has 1 N–H and O–H groups in total. The van der Waals surface area contributed by atoms with Gasteiger partial charge < -0.3 is 10.2 Å². The van der Waals surface area contributed by atoms with Gasteiger partial charge in [-0.3, -0.25) is 4.90 Å². The van der Waals surface area contributed by atoms with Crippen molar-refractivity contribution in [2.24, 2.45) is 0 Å². The summed E-state index contributed by atoms with van der Waals surface area (Å²) in [5.41, 5.74) is 1.28. The molecule has 2 saturated heterocycles. The summed E-state index contributed by atoms with van der Waals surface area (Å²) in [7, 11) is 0. The number of rotatable bonds is 5. The number of hydrogen-bond acceptors (Lipinski definition) is 5. The van der Waals surface area contributed by atoms with E-state index in [2.05, 4.69) is 38.9 Å². The third kappa shape index (κ3) is 2.98. The average molecular weight is 289 g/mol. The lowest BCUT2D eigenvalue weighted by Crippen LogP contribution is -2.50. The average Bonchev–Trinajstić information content (AvgIpc) is 2.99. The van der Waals surface area contributed by atoms with Crippen molar-refractivity contribution in [2.75, 3.05) is 42.9 Å². The molecule has 3 rings (SSSR count). The molecule has 2 fully saturated rings. The van der Waals surface area contributed by atoms with Crippen LogP contribution < -0.4 is 10.2 Å². The summed E-state index contributed by atoms with van der Waals surface area (Å²) in [6.07, 6.45) is 6.50. The van der Waals surface area contributed by atoms with Gasteiger partial charge in [0, 0.05) is 37.8 Å². The molecule has 116 valence electrons. The molecule has 0 aliphatic carbocycles. The van der Waals surface area contributed by atoms with Crippen molar-refractivity contribution in [3.05, 3.63) is 11.9 Å². The van der Waals surface area contributed by atoms with Crippen LogP contribution in [0.2, 0.25) is 0 Å². The Morgan fingerprint density at radius 2 is 2.14 bits per heavy atom. The molecule has 5 heteroatoms. The van der Waals surface area contributed by atoms with Gasteiger partial charge >= 0.3 is 0 Å². The largest absolute Gasteiger partial charge is 0.370 e. The monoisotopic (exact) mass is 289 g/mol. The van der Waals surface area contributed by atoms with Gasteiger partial charge in [-0.05, 0) is 32.2 Å². The number of nitrogens with one attached hydrogen (secondary N) is 1. The minimum atomic E-state index is 0.727. The first-order valence-electron chi connectivity index (χ1n) is 8.40. The zero-order valence-corrected chi connectivity index (χ0v) is 13.3. The van der Waals surface area contributed by atoms with Crippen LogP contribution in [0.3, 0.4) is 0 Å². The molecule has 0 saturated carbocycles. The Hall–Kier alpha value is -1.36. The Bertz CT molecular complexity index is 476. The van der Waals surface area contributed by atoms with Crippen LogP contribution in [-0.4, -0.2) is 53.6 Å². The summed E-state index contributed by atoms with van der Waals surface area (Å²) >= 11 is 0. The van der Waals surface area contributed by atoms with E-state index in [-0.39, 0.29) is 0 Å². The zero-order valence-electron chi connectivity index (χ0n) is 13.3. The van der Waals surface area contributed by atoms with Gasteiger partial charge in [0.1, 0.15) is 18.0 Å². The number of hydrogen-bond donors (Lipinski definition) is 1. The quantitative estimate of drug-likeness (QED) is 0.900. The Balaban J connectivity index is 1.80. The number of fused-ring (bicyclic) bond motifs is 1. The highest BCUT2D eigenvalue weighted by molar-refractivity contribution is 5.59. The van der Waals surface area contributed by atoms with Crippen LogP contribution >= 0.6 is 0 Å². The van der Waals surface area contributed by atoms with Crippen LogP contribution in [0, 0.1) is 0 Å². The van der Waals surface area contributed by atoms with Crippen molar-refractivity contribution in [3.8, 4) is 0 Å². The van der Waals surface area contributed by atoms with E-state index in [0.29, 0.717) is 0 Å². The summed E-state index contributed by atoms with van der Waals surface area (Å²) < 4.78 is 0. The van der Waals surface area contributed by atoms with Crippen LogP contribution in [0.25, 0.3) is 0 Å². The van der Waals surface area contributed by atoms with E-state index in [1.165, 1.54) is 31.5 Å².